The Balaban J connectivity index is 1.73. The average molecular weight is 372 g/mol. The van der Waals surface area contributed by atoms with Crippen LogP contribution in [0.25, 0.3) is 5.69 Å². The van der Waals surface area contributed by atoms with Gasteiger partial charge >= 0.3 is 0 Å². The van der Waals surface area contributed by atoms with E-state index >= 15 is 0 Å². The van der Waals surface area contributed by atoms with Gasteiger partial charge in [0.15, 0.2) is 0 Å². The van der Waals surface area contributed by atoms with Gasteiger partial charge in [0.2, 0.25) is 0 Å². The van der Waals surface area contributed by atoms with Gasteiger partial charge in [-0.2, -0.15) is 5.10 Å². The van der Waals surface area contributed by atoms with Crippen molar-refractivity contribution in [1.29, 1.82) is 0 Å². The van der Waals surface area contributed by atoms with Gasteiger partial charge in [-0.1, -0.05) is 23.7 Å². The van der Waals surface area contributed by atoms with Gasteiger partial charge in [0, 0.05) is 11.6 Å². The maximum Gasteiger partial charge on any atom is 0.288 e. The van der Waals surface area contributed by atoms with Crippen molar-refractivity contribution in [2.45, 2.75) is 13.0 Å². The van der Waals surface area contributed by atoms with Crippen LogP contribution in [-0.2, 0) is 0 Å². The summed E-state index contributed by atoms with van der Waals surface area (Å²) in [5.41, 5.74) is 1.60. The van der Waals surface area contributed by atoms with E-state index in [1.54, 1.807) is 11.0 Å². The van der Waals surface area contributed by atoms with Crippen molar-refractivity contribution >= 4 is 23.2 Å². The van der Waals surface area contributed by atoms with Crippen molar-refractivity contribution in [2.24, 2.45) is 0 Å². The quantitative estimate of drug-likeness (QED) is 0.547. The van der Waals surface area contributed by atoms with E-state index in [2.05, 4.69) is 15.4 Å². The molecule has 0 fully saturated rings. The number of nitrogens with one attached hydrogen (secondary N) is 1. The van der Waals surface area contributed by atoms with E-state index in [1.165, 1.54) is 18.5 Å². The molecule has 0 saturated heterocycles. The molecule has 1 aromatic heterocycles. The number of aromatic nitrogens is 3. The molecular formula is C17H14ClN5O3. The molecule has 1 unspecified atom stereocenters. The number of halogens is 1. The highest BCUT2D eigenvalue weighted by molar-refractivity contribution is 6.32. The van der Waals surface area contributed by atoms with E-state index in [9.17, 15) is 14.9 Å². The molecule has 0 radical (unpaired) electrons. The van der Waals surface area contributed by atoms with Gasteiger partial charge < -0.3 is 5.32 Å². The summed E-state index contributed by atoms with van der Waals surface area (Å²) in [5, 5.41) is 17.8. The molecule has 9 heteroatoms. The normalized spacial score (nSPS) is 11.8. The second-order valence-corrected chi connectivity index (χ2v) is 5.96. The van der Waals surface area contributed by atoms with Gasteiger partial charge in [-0.05, 0) is 36.8 Å². The molecule has 0 bridgehead atoms. The molecule has 2 aromatic carbocycles. The SMILES string of the molecule is CC(NC(=O)c1ccc(Cl)c([N+](=O)[O-])c1)c1ccc(-n2cncn2)cc1. The molecule has 1 amide bonds. The molecular weight excluding hydrogens is 358 g/mol. The highest BCUT2D eigenvalue weighted by atomic mass is 35.5. The zero-order chi connectivity index (χ0) is 18.7. The Kier molecular flexibility index (Phi) is 4.94. The first-order chi connectivity index (χ1) is 12.5. The summed E-state index contributed by atoms with van der Waals surface area (Å²) in [4.78, 5) is 26.6. The summed E-state index contributed by atoms with van der Waals surface area (Å²) in [6.45, 7) is 1.83. The minimum Gasteiger partial charge on any atom is -0.346 e. The van der Waals surface area contributed by atoms with E-state index in [4.69, 9.17) is 11.6 Å². The number of amides is 1. The number of carbonyl (C=O) groups is 1. The van der Waals surface area contributed by atoms with Crippen LogP contribution in [-0.4, -0.2) is 25.6 Å². The Bertz CT molecular complexity index is 942. The van der Waals surface area contributed by atoms with Crippen LogP contribution in [0.2, 0.25) is 5.02 Å². The second kappa shape index (κ2) is 7.32. The van der Waals surface area contributed by atoms with Crippen LogP contribution in [0.3, 0.4) is 0 Å². The molecule has 0 spiro atoms. The minimum atomic E-state index is -0.620. The monoisotopic (exact) mass is 371 g/mol. The molecule has 0 saturated carbocycles. The van der Waals surface area contributed by atoms with Crippen LogP contribution in [0.15, 0.2) is 55.1 Å². The Morgan fingerprint density at radius 1 is 1.27 bits per heavy atom. The van der Waals surface area contributed by atoms with Gasteiger partial charge in [0.05, 0.1) is 16.7 Å². The maximum atomic E-state index is 12.4. The Hall–Kier alpha value is -3.26. The third kappa shape index (κ3) is 3.70. The molecule has 3 aromatic rings. The van der Waals surface area contributed by atoms with Crippen molar-refractivity contribution in [2.75, 3.05) is 0 Å². The molecule has 3 rings (SSSR count). The molecule has 1 heterocycles. The Morgan fingerprint density at radius 3 is 2.62 bits per heavy atom. The van der Waals surface area contributed by atoms with Crippen LogP contribution in [0.4, 0.5) is 5.69 Å². The van der Waals surface area contributed by atoms with Crippen molar-refractivity contribution in [3.8, 4) is 5.69 Å². The number of hydrogen-bond acceptors (Lipinski definition) is 5. The molecule has 8 nitrogen and oxygen atoms in total. The van der Waals surface area contributed by atoms with Gasteiger partial charge in [0.1, 0.15) is 17.7 Å². The number of carbonyl (C=O) groups excluding carboxylic acids is 1. The van der Waals surface area contributed by atoms with E-state index in [-0.39, 0.29) is 22.3 Å². The fourth-order valence-electron chi connectivity index (χ4n) is 2.41. The first-order valence-corrected chi connectivity index (χ1v) is 8.03. The van der Waals surface area contributed by atoms with Crippen molar-refractivity contribution in [3.05, 3.63) is 81.4 Å². The third-order valence-corrected chi connectivity index (χ3v) is 4.15. The number of benzene rings is 2. The van der Waals surface area contributed by atoms with Crippen LogP contribution < -0.4 is 5.32 Å². The van der Waals surface area contributed by atoms with Crippen molar-refractivity contribution < 1.29 is 9.72 Å². The molecule has 0 aliphatic heterocycles. The lowest BCUT2D eigenvalue weighted by Gasteiger charge is -2.15. The Morgan fingerprint density at radius 2 is 2.00 bits per heavy atom. The fraction of sp³-hybridized carbons (Fsp3) is 0.118. The first-order valence-electron chi connectivity index (χ1n) is 7.65. The maximum absolute atomic E-state index is 12.4. The molecule has 1 N–H and O–H groups in total. The predicted molar refractivity (Wildman–Crippen MR) is 95.3 cm³/mol. The average Bonchev–Trinajstić information content (AvgIpc) is 3.16. The standard InChI is InChI=1S/C17H14ClN5O3/c1-11(12-2-5-14(6-3-12)22-10-19-9-20-22)21-17(24)13-4-7-15(18)16(8-13)23(25)26/h2-11H,1H3,(H,21,24). The lowest BCUT2D eigenvalue weighted by atomic mass is 10.1. The summed E-state index contributed by atoms with van der Waals surface area (Å²) in [6, 6.07) is 11.1. The molecule has 1 atom stereocenters. The van der Waals surface area contributed by atoms with E-state index < -0.39 is 10.8 Å². The number of nitrogens with zero attached hydrogens (tertiary/aromatic N) is 4. The zero-order valence-electron chi connectivity index (χ0n) is 13.7. The number of rotatable bonds is 5. The highest BCUT2D eigenvalue weighted by Gasteiger charge is 2.18. The summed E-state index contributed by atoms with van der Waals surface area (Å²) in [7, 11) is 0. The van der Waals surface area contributed by atoms with Gasteiger partial charge in [0.25, 0.3) is 11.6 Å². The minimum absolute atomic E-state index is 0.0108. The lowest BCUT2D eigenvalue weighted by molar-refractivity contribution is -0.384. The van der Waals surface area contributed by atoms with Gasteiger partial charge in [-0.3, -0.25) is 14.9 Å². The number of nitro benzene ring substituents is 1. The smallest absolute Gasteiger partial charge is 0.288 e. The van der Waals surface area contributed by atoms with Gasteiger partial charge in [-0.25, -0.2) is 9.67 Å². The van der Waals surface area contributed by atoms with E-state index in [1.807, 2.05) is 31.2 Å². The number of hydrogen-bond donors (Lipinski definition) is 1. The summed E-state index contributed by atoms with van der Waals surface area (Å²) in [5.74, 6) is -0.419. The zero-order valence-corrected chi connectivity index (χ0v) is 14.4. The molecule has 0 aliphatic carbocycles. The molecule has 26 heavy (non-hydrogen) atoms. The summed E-state index contributed by atoms with van der Waals surface area (Å²) in [6.07, 6.45) is 3.04. The van der Waals surface area contributed by atoms with Crippen LogP contribution in [0.5, 0.6) is 0 Å². The molecule has 132 valence electrons. The lowest BCUT2D eigenvalue weighted by Crippen LogP contribution is -2.26. The topological polar surface area (TPSA) is 103 Å². The first kappa shape index (κ1) is 17.6. The van der Waals surface area contributed by atoms with Crippen LogP contribution in [0.1, 0.15) is 28.9 Å². The van der Waals surface area contributed by atoms with Crippen LogP contribution >= 0.6 is 11.6 Å². The van der Waals surface area contributed by atoms with E-state index in [0.29, 0.717) is 0 Å². The summed E-state index contributed by atoms with van der Waals surface area (Å²) < 4.78 is 1.62. The third-order valence-electron chi connectivity index (χ3n) is 3.83. The summed E-state index contributed by atoms with van der Waals surface area (Å²) >= 11 is 5.77. The van der Waals surface area contributed by atoms with Gasteiger partial charge in [-0.15, -0.1) is 0 Å². The van der Waals surface area contributed by atoms with E-state index in [0.717, 1.165) is 17.3 Å². The fourth-order valence-corrected chi connectivity index (χ4v) is 2.60. The van der Waals surface area contributed by atoms with Crippen molar-refractivity contribution in [1.82, 2.24) is 20.1 Å². The predicted octanol–water partition coefficient (Wildman–Crippen LogP) is 3.32. The number of nitro groups is 1. The molecule has 0 aliphatic rings. The second-order valence-electron chi connectivity index (χ2n) is 5.55. The highest BCUT2D eigenvalue weighted by Crippen LogP contribution is 2.25. The van der Waals surface area contributed by atoms with Crippen LogP contribution in [0, 0.1) is 10.1 Å². The largest absolute Gasteiger partial charge is 0.346 e. The van der Waals surface area contributed by atoms with Crippen molar-refractivity contribution in [3.63, 3.8) is 0 Å². The Labute approximate surface area is 153 Å².